The first-order chi connectivity index (χ1) is 8.97. The largest absolute Gasteiger partial charge is 0.397 e. The summed E-state index contributed by atoms with van der Waals surface area (Å²) in [7, 11) is 0. The lowest BCUT2D eigenvalue weighted by Gasteiger charge is -2.10. The Morgan fingerprint density at radius 2 is 1.89 bits per heavy atom. The molecule has 0 saturated heterocycles. The topological polar surface area (TPSA) is 55.1 Å². The molecule has 1 amide bonds. The highest BCUT2D eigenvalue weighted by atomic mass is 35.5. The molecule has 2 rings (SSSR count). The molecule has 3 N–H and O–H groups in total. The summed E-state index contributed by atoms with van der Waals surface area (Å²) in [6.45, 7) is 3.85. The van der Waals surface area contributed by atoms with Crippen molar-refractivity contribution >= 4 is 28.9 Å². The van der Waals surface area contributed by atoms with Crippen LogP contribution in [-0.4, -0.2) is 5.91 Å². The molecule has 0 aliphatic heterocycles. The van der Waals surface area contributed by atoms with E-state index in [0.717, 1.165) is 11.1 Å². The van der Waals surface area contributed by atoms with Gasteiger partial charge < -0.3 is 11.1 Å². The highest BCUT2D eigenvalue weighted by molar-refractivity contribution is 6.31. The Kier molecular flexibility index (Phi) is 3.76. The Labute approximate surface area is 117 Å². The molecule has 0 spiro atoms. The summed E-state index contributed by atoms with van der Waals surface area (Å²) in [5.74, 6) is -0.185. The van der Waals surface area contributed by atoms with Crippen LogP contribution < -0.4 is 11.1 Å². The summed E-state index contributed by atoms with van der Waals surface area (Å²) in [4.78, 5) is 12.2. The fourth-order valence-corrected chi connectivity index (χ4v) is 1.98. The number of carbonyl (C=O) groups excluding carboxylic acids is 1. The van der Waals surface area contributed by atoms with Gasteiger partial charge in [0, 0.05) is 10.6 Å². The number of rotatable bonds is 2. The first-order valence-corrected chi connectivity index (χ1v) is 6.29. The predicted octanol–water partition coefficient (Wildman–Crippen LogP) is 3.79. The van der Waals surface area contributed by atoms with Crippen LogP contribution in [-0.2, 0) is 0 Å². The van der Waals surface area contributed by atoms with E-state index in [2.05, 4.69) is 5.32 Å². The molecule has 0 unspecified atom stereocenters. The van der Waals surface area contributed by atoms with Gasteiger partial charge in [-0.25, -0.2) is 0 Å². The number of hydrogen-bond acceptors (Lipinski definition) is 2. The van der Waals surface area contributed by atoms with E-state index >= 15 is 0 Å². The SMILES string of the molecule is Cc1ccc(C)c(C(=O)Nc2cc(Cl)ccc2N)c1. The minimum Gasteiger partial charge on any atom is -0.397 e. The van der Waals surface area contributed by atoms with Crippen molar-refractivity contribution in [3.8, 4) is 0 Å². The number of hydrogen-bond donors (Lipinski definition) is 2. The van der Waals surface area contributed by atoms with E-state index in [-0.39, 0.29) is 5.91 Å². The molecule has 3 nitrogen and oxygen atoms in total. The Hall–Kier alpha value is -2.00. The van der Waals surface area contributed by atoms with E-state index in [9.17, 15) is 4.79 Å². The summed E-state index contributed by atoms with van der Waals surface area (Å²) in [5, 5.41) is 3.32. The van der Waals surface area contributed by atoms with E-state index in [4.69, 9.17) is 17.3 Å². The van der Waals surface area contributed by atoms with Crippen molar-refractivity contribution in [3.05, 3.63) is 58.1 Å². The van der Waals surface area contributed by atoms with Crippen LogP contribution in [0.2, 0.25) is 5.02 Å². The second-order valence-corrected chi connectivity index (χ2v) is 4.94. The highest BCUT2D eigenvalue weighted by Gasteiger charge is 2.11. The second-order valence-electron chi connectivity index (χ2n) is 4.50. The lowest BCUT2D eigenvalue weighted by molar-refractivity contribution is 0.102. The number of amides is 1. The van der Waals surface area contributed by atoms with Gasteiger partial charge in [-0.3, -0.25) is 4.79 Å². The molecule has 0 aromatic heterocycles. The van der Waals surface area contributed by atoms with E-state index in [1.54, 1.807) is 18.2 Å². The second kappa shape index (κ2) is 5.33. The average Bonchev–Trinajstić information content (AvgIpc) is 2.36. The normalized spacial score (nSPS) is 10.3. The molecule has 0 aliphatic rings. The molecule has 0 saturated carbocycles. The van der Waals surface area contributed by atoms with Gasteiger partial charge in [0.2, 0.25) is 0 Å². The molecular formula is C15H15ClN2O. The molecule has 0 heterocycles. The summed E-state index contributed by atoms with van der Waals surface area (Å²) in [6, 6.07) is 10.7. The fraction of sp³-hybridized carbons (Fsp3) is 0.133. The lowest BCUT2D eigenvalue weighted by Crippen LogP contribution is -2.14. The molecule has 4 heteroatoms. The lowest BCUT2D eigenvalue weighted by atomic mass is 10.0. The number of benzene rings is 2. The quantitative estimate of drug-likeness (QED) is 0.819. The van der Waals surface area contributed by atoms with E-state index in [1.165, 1.54) is 0 Å². The number of nitrogens with two attached hydrogens (primary N) is 1. The number of nitrogens with one attached hydrogen (secondary N) is 1. The standard InChI is InChI=1S/C15H15ClN2O/c1-9-3-4-10(2)12(7-9)15(19)18-14-8-11(16)5-6-13(14)17/h3-8H,17H2,1-2H3,(H,18,19). The van der Waals surface area contributed by atoms with E-state index in [1.807, 2.05) is 32.0 Å². The monoisotopic (exact) mass is 274 g/mol. The van der Waals surface area contributed by atoms with Crippen molar-refractivity contribution in [2.24, 2.45) is 0 Å². The van der Waals surface area contributed by atoms with Crippen LogP contribution in [0.3, 0.4) is 0 Å². The predicted molar refractivity (Wildman–Crippen MR) is 79.7 cm³/mol. The first-order valence-electron chi connectivity index (χ1n) is 5.91. The van der Waals surface area contributed by atoms with Gasteiger partial charge in [0.25, 0.3) is 5.91 Å². The van der Waals surface area contributed by atoms with Gasteiger partial charge in [0.15, 0.2) is 0 Å². The van der Waals surface area contributed by atoms with Crippen molar-refractivity contribution < 1.29 is 4.79 Å². The van der Waals surface area contributed by atoms with Gasteiger partial charge in [-0.2, -0.15) is 0 Å². The Morgan fingerprint density at radius 3 is 2.63 bits per heavy atom. The maximum absolute atomic E-state index is 12.2. The Morgan fingerprint density at radius 1 is 1.16 bits per heavy atom. The first kappa shape index (κ1) is 13.4. The van der Waals surface area contributed by atoms with Gasteiger partial charge >= 0.3 is 0 Å². The van der Waals surface area contributed by atoms with Crippen LogP contribution >= 0.6 is 11.6 Å². The number of anilines is 2. The molecule has 2 aromatic rings. The van der Waals surface area contributed by atoms with Crippen LogP contribution in [0, 0.1) is 13.8 Å². The van der Waals surface area contributed by atoms with Gasteiger partial charge in [-0.15, -0.1) is 0 Å². The van der Waals surface area contributed by atoms with Gasteiger partial charge in [-0.1, -0.05) is 29.3 Å². The Bertz CT molecular complexity index is 638. The number of aryl methyl sites for hydroxylation is 2. The molecule has 0 aliphatic carbocycles. The van der Waals surface area contributed by atoms with Crippen LogP contribution in [0.15, 0.2) is 36.4 Å². The molecule has 2 aromatic carbocycles. The van der Waals surface area contributed by atoms with Gasteiger partial charge in [0.05, 0.1) is 11.4 Å². The maximum Gasteiger partial charge on any atom is 0.255 e. The van der Waals surface area contributed by atoms with E-state index in [0.29, 0.717) is 22.0 Å². The number of nitrogen functional groups attached to an aromatic ring is 1. The van der Waals surface area contributed by atoms with Crippen molar-refractivity contribution in [1.82, 2.24) is 0 Å². The molecule has 0 fully saturated rings. The number of carbonyl (C=O) groups is 1. The molecule has 98 valence electrons. The summed E-state index contributed by atoms with van der Waals surface area (Å²) >= 11 is 5.90. The molecule has 0 atom stereocenters. The van der Waals surface area contributed by atoms with Crippen molar-refractivity contribution in [3.63, 3.8) is 0 Å². The zero-order chi connectivity index (χ0) is 14.0. The van der Waals surface area contributed by atoms with Crippen molar-refractivity contribution in [2.45, 2.75) is 13.8 Å². The third-order valence-electron chi connectivity index (χ3n) is 2.90. The fourth-order valence-electron chi connectivity index (χ4n) is 1.81. The summed E-state index contributed by atoms with van der Waals surface area (Å²) < 4.78 is 0. The van der Waals surface area contributed by atoms with Crippen LogP contribution in [0.25, 0.3) is 0 Å². The number of halogens is 1. The molecule has 0 bridgehead atoms. The molecular weight excluding hydrogens is 260 g/mol. The Balaban J connectivity index is 2.30. The summed E-state index contributed by atoms with van der Waals surface area (Å²) in [5.41, 5.74) is 9.42. The van der Waals surface area contributed by atoms with Crippen LogP contribution in [0.4, 0.5) is 11.4 Å². The highest BCUT2D eigenvalue weighted by Crippen LogP contribution is 2.24. The smallest absolute Gasteiger partial charge is 0.255 e. The zero-order valence-corrected chi connectivity index (χ0v) is 11.6. The van der Waals surface area contributed by atoms with Crippen LogP contribution in [0.5, 0.6) is 0 Å². The van der Waals surface area contributed by atoms with E-state index < -0.39 is 0 Å². The minimum atomic E-state index is -0.185. The third kappa shape index (κ3) is 3.06. The van der Waals surface area contributed by atoms with Crippen molar-refractivity contribution in [2.75, 3.05) is 11.1 Å². The van der Waals surface area contributed by atoms with Crippen LogP contribution in [0.1, 0.15) is 21.5 Å². The van der Waals surface area contributed by atoms with Crippen molar-refractivity contribution in [1.29, 1.82) is 0 Å². The van der Waals surface area contributed by atoms with Gasteiger partial charge in [0.1, 0.15) is 0 Å². The minimum absolute atomic E-state index is 0.185. The molecule has 0 radical (unpaired) electrons. The maximum atomic E-state index is 12.2. The third-order valence-corrected chi connectivity index (χ3v) is 3.14. The zero-order valence-electron chi connectivity index (χ0n) is 10.8. The summed E-state index contributed by atoms with van der Waals surface area (Å²) in [6.07, 6.45) is 0. The average molecular weight is 275 g/mol. The van der Waals surface area contributed by atoms with Gasteiger partial charge in [-0.05, 0) is 43.7 Å². The molecule has 19 heavy (non-hydrogen) atoms.